The Kier molecular flexibility index (Phi) is 4.25. The molecule has 0 aliphatic heterocycles. The first kappa shape index (κ1) is 11.9. The third-order valence-corrected chi connectivity index (χ3v) is 3.99. The minimum absolute atomic E-state index is 0.725. The second-order valence-corrected chi connectivity index (χ2v) is 5.22. The first-order valence-corrected chi connectivity index (χ1v) is 6.62. The van der Waals surface area contributed by atoms with Crippen LogP contribution in [-0.4, -0.2) is 12.6 Å². The molecule has 1 N–H and O–H groups in total. The minimum atomic E-state index is 0.725. The van der Waals surface area contributed by atoms with Gasteiger partial charge in [-0.2, -0.15) is 0 Å². The van der Waals surface area contributed by atoms with Crippen LogP contribution in [0.1, 0.15) is 31.7 Å². The standard InChI is InChI=1S/C14H20ClN/c1-11-5-4-8-14(11)16-10-9-12-6-2-3-7-13(12)15/h2-3,6-7,11,14,16H,4-5,8-10H2,1H3. The van der Waals surface area contributed by atoms with E-state index in [0.717, 1.165) is 29.9 Å². The van der Waals surface area contributed by atoms with Crippen molar-refractivity contribution in [2.75, 3.05) is 6.54 Å². The molecule has 1 fully saturated rings. The van der Waals surface area contributed by atoms with E-state index >= 15 is 0 Å². The van der Waals surface area contributed by atoms with E-state index in [1.165, 1.54) is 24.8 Å². The van der Waals surface area contributed by atoms with Crippen LogP contribution in [0.2, 0.25) is 5.02 Å². The van der Waals surface area contributed by atoms with Crippen LogP contribution in [0.4, 0.5) is 0 Å². The van der Waals surface area contributed by atoms with E-state index in [4.69, 9.17) is 11.6 Å². The lowest BCUT2D eigenvalue weighted by molar-refractivity contribution is 0.430. The van der Waals surface area contributed by atoms with Crippen molar-refractivity contribution in [2.45, 2.75) is 38.6 Å². The summed E-state index contributed by atoms with van der Waals surface area (Å²) in [7, 11) is 0. The summed E-state index contributed by atoms with van der Waals surface area (Å²) in [4.78, 5) is 0. The van der Waals surface area contributed by atoms with Gasteiger partial charge in [0.25, 0.3) is 0 Å². The first-order chi connectivity index (χ1) is 7.77. The quantitative estimate of drug-likeness (QED) is 0.843. The molecule has 0 amide bonds. The fraction of sp³-hybridized carbons (Fsp3) is 0.571. The molecule has 0 bridgehead atoms. The van der Waals surface area contributed by atoms with Gasteiger partial charge in [-0.1, -0.05) is 43.1 Å². The lowest BCUT2D eigenvalue weighted by atomic mass is 10.1. The van der Waals surface area contributed by atoms with Crippen molar-refractivity contribution in [1.29, 1.82) is 0 Å². The van der Waals surface area contributed by atoms with Crippen molar-refractivity contribution >= 4 is 11.6 Å². The molecule has 1 aromatic carbocycles. The molecule has 88 valence electrons. The highest BCUT2D eigenvalue weighted by Gasteiger charge is 2.22. The van der Waals surface area contributed by atoms with E-state index in [0.29, 0.717) is 0 Å². The lowest BCUT2D eigenvalue weighted by Gasteiger charge is -2.17. The molecule has 0 saturated heterocycles. The zero-order valence-corrected chi connectivity index (χ0v) is 10.6. The SMILES string of the molecule is CC1CCCC1NCCc1ccccc1Cl. The van der Waals surface area contributed by atoms with E-state index in [1.54, 1.807) is 0 Å². The van der Waals surface area contributed by atoms with Crippen LogP contribution in [0.5, 0.6) is 0 Å². The maximum Gasteiger partial charge on any atom is 0.0438 e. The average molecular weight is 238 g/mol. The number of rotatable bonds is 4. The maximum atomic E-state index is 6.12. The van der Waals surface area contributed by atoms with Crippen molar-refractivity contribution in [3.63, 3.8) is 0 Å². The highest BCUT2D eigenvalue weighted by Crippen LogP contribution is 2.24. The van der Waals surface area contributed by atoms with Gasteiger partial charge in [0.2, 0.25) is 0 Å². The Morgan fingerprint density at radius 1 is 1.31 bits per heavy atom. The summed E-state index contributed by atoms with van der Waals surface area (Å²) in [6, 6.07) is 8.84. The van der Waals surface area contributed by atoms with Gasteiger partial charge in [0.05, 0.1) is 0 Å². The van der Waals surface area contributed by atoms with Gasteiger partial charge >= 0.3 is 0 Å². The number of benzene rings is 1. The summed E-state index contributed by atoms with van der Waals surface area (Å²) >= 11 is 6.12. The molecule has 2 rings (SSSR count). The molecule has 2 atom stereocenters. The van der Waals surface area contributed by atoms with Crippen LogP contribution in [0.15, 0.2) is 24.3 Å². The third-order valence-electron chi connectivity index (χ3n) is 3.62. The summed E-state index contributed by atoms with van der Waals surface area (Å²) in [5, 5.41) is 4.54. The fourth-order valence-electron chi connectivity index (χ4n) is 2.54. The van der Waals surface area contributed by atoms with Crippen molar-refractivity contribution in [2.24, 2.45) is 5.92 Å². The monoisotopic (exact) mass is 237 g/mol. The van der Waals surface area contributed by atoms with Gasteiger partial charge < -0.3 is 5.32 Å². The number of nitrogens with one attached hydrogen (secondary N) is 1. The van der Waals surface area contributed by atoms with Crippen LogP contribution < -0.4 is 5.32 Å². The van der Waals surface area contributed by atoms with Crippen LogP contribution in [-0.2, 0) is 6.42 Å². The molecule has 2 unspecified atom stereocenters. The van der Waals surface area contributed by atoms with Gasteiger partial charge in [-0.15, -0.1) is 0 Å². The largest absolute Gasteiger partial charge is 0.313 e. The smallest absolute Gasteiger partial charge is 0.0438 e. The maximum absolute atomic E-state index is 6.12. The molecule has 1 saturated carbocycles. The molecule has 0 heterocycles. The Hall–Kier alpha value is -0.530. The van der Waals surface area contributed by atoms with Crippen LogP contribution in [0.25, 0.3) is 0 Å². The highest BCUT2D eigenvalue weighted by molar-refractivity contribution is 6.31. The summed E-state index contributed by atoms with van der Waals surface area (Å²) in [5.74, 6) is 0.839. The summed E-state index contributed by atoms with van der Waals surface area (Å²) in [5.41, 5.74) is 1.25. The van der Waals surface area contributed by atoms with E-state index in [-0.39, 0.29) is 0 Å². The van der Waals surface area contributed by atoms with Crippen molar-refractivity contribution in [3.05, 3.63) is 34.9 Å². The molecular weight excluding hydrogens is 218 g/mol. The molecule has 0 aromatic heterocycles. The van der Waals surface area contributed by atoms with E-state index in [2.05, 4.69) is 24.4 Å². The van der Waals surface area contributed by atoms with E-state index in [1.807, 2.05) is 12.1 Å². The Balaban J connectivity index is 1.78. The van der Waals surface area contributed by atoms with Gasteiger partial charge in [0, 0.05) is 11.1 Å². The molecule has 16 heavy (non-hydrogen) atoms. The molecule has 1 aliphatic carbocycles. The van der Waals surface area contributed by atoms with Gasteiger partial charge in [-0.3, -0.25) is 0 Å². The van der Waals surface area contributed by atoms with Crippen LogP contribution >= 0.6 is 11.6 Å². The van der Waals surface area contributed by atoms with Crippen molar-refractivity contribution in [1.82, 2.24) is 5.32 Å². The fourth-order valence-corrected chi connectivity index (χ4v) is 2.77. The Morgan fingerprint density at radius 2 is 2.12 bits per heavy atom. The summed E-state index contributed by atoms with van der Waals surface area (Å²) < 4.78 is 0. The first-order valence-electron chi connectivity index (χ1n) is 6.24. The predicted molar refractivity (Wildman–Crippen MR) is 70.0 cm³/mol. The summed E-state index contributed by atoms with van der Waals surface area (Å²) in [6.07, 6.45) is 5.13. The lowest BCUT2D eigenvalue weighted by Crippen LogP contribution is -2.32. The average Bonchev–Trinajstić information content (AvgIpc) is 2.67. The van der Waals surface area contributed by atoms with Gasteiger partial charge in [0.1, 0.15) is 0 Å². The zero-order valence-electron chi connectivity index (χ0n) is 9.88. The molecule has 0 radical (unpaired) electrons. The normalized spacial score (nSPS) is 24.9. The molecule has 1 aliphatic rings. The number of halogens is 1. The molecule has 2 heteroatoms. The Bertz CT molecular complexity index is 337. The zero-order chi connectivity index (χ0) is 11.4. The molecule has 1 nitrogen and oxygen atoms in total. The van der Waals surface area contributed by atoms with E-state index in [9.17, 15) is 0 Å². The van der Waals surface area contributed by atoms with Gasteiger partial charge in [-0.05, 0) is 43.4 Å². The molecule has 1 aromatic rings. The minimum Gasteiger partial charge on any atom is -0.313 e. The number of hydrogen-bond acceptors (Lipinski definition) is 1. The third kappa shape index (κ3) is 2.99. The molecule has 0 spiro atoms. The Labute approximate surface area is 103 Å². The molecular formula is C14H20ClN. The topological polar surface area (TPSA) is 12.0 Å². The summed E-state index contributed by atoms with van der Waals surface area (Å²) in [6.45, 7) is 3.39. The van der Waals surface area contributed by atoms with Crippen molar-refractivity contribution in [3.8, 4) is 0 Å². The second kappa shape index (κ2) is 5.70. The number of hydrogen-bond donors (Lipinski definition) is 1. The van der Waals surface area contributed by atoms with Crippen LogP contribution in [0.3, 0.4) is 0 Å². The van der Waals surface area contributed by atoms with Gasteiger partial charge in [0.15, 0.2) is 0 Å². The van der Waals surface area contributed by atoms with Crippen LogP contribution in [0, 0.1) is 5.92 Å². The van der Waals surface area contributed by atoms with E-state index < -0.39 is 0 Å². The highest BCUT2D eigenvalue weighted by atomic mass is 35.5. The second-order valence-electron chi connectivity index (χ2n) is 4.81. The van der Waals surface area contributed by atoms with Gasteiger partial charge in [-0.25, -0.2) is 0 Å². The predicted octanol–water partition coefficient (Wildman–Crippen LogP) is 3.66. The van der Waals surface area contributed by atoms with Crippen molar-refractivity contribution < 1.29 is 0 Å². The Morgan fingerprint density at radius 3 is 2.81 bits per heavy atom.